The maximum Gasteiger partial charge on any atom is 0.303 e. The molecule has 0 fully saturated rings. The zero-order chi connectivity index (χ0) is 19.7. The molecule has 0 atom stereocenters. The van der Waals surface area contributed by atoms with Crippen LogP contribution >= 0.6 is 24.0 Å². The van der Waals surface area contributed by atoms with Gasteiger partial charge in [-0.25, -0.2) is 4.98 Å². The van der Waals surface area contributed by atoms with Crippen LogP contribution in [-0.2, 0) is 6.42 Å². The molecule has 0 saturated carbocycles. The predicted octanol–water partition coefficient (Wildman–Crippen LogP) is 4.95. The fourth-order valence-electron chi connectivity index (χ4n) is 3.27. The molecule has 3 heterocycles. The number of amidine groups is 1. The largest absolute Gasteiger partial charge is 0.382 e. The topological polar surface area (TPSA) is 84.1 Å². The van der Waals surface area contributed by atoms with Crippen LogP contribution in [0.2, 0.25) is 0 Å². The van der Waals surface area contributed by atoms with Crippen molar-refractivity contribution in [2.45, 2.75) is 13.3 Å². The first-order chi connectivity index (χ1) is 13.5. The highest BCUT2D eigenvalue weighted by molar-refractivity contribution is 7.96. The quantitative estimate of drug-likeness (QED) is 0.255. The van der Waals surface area contributed by atoms with Gasteiger partial charge in [-0.1, -0.05) is 30.8 Å². The van der Waals surface area contributed by atoms with Gasteiger partial charge in [0.25, 0.3) is 0 Å². The highest BCUT2D eigenvalue weighted by atomic mass is 32.1. The van der Waals surface area contributed by atoms with Gasteiger partial charge in [-0.2, -0.15) is 16.3 Å². The minimum Gasteiger partial charge on any atom is -0.382 e. The normalized spacial score (nSPS) is 11.9. The van der Waals surface area contributed by atoms with Crippen molar-refractivity contribution < 1.29 is 4.79 Å². The third-order valence-electron chi connectivity index (χ3n) is 4.51. The molecule has 4 aromatic rings. The van der Waals surface area contributed by atoms with Crippen LogP contribution in [0, 0.1) is 6.92 Å². The number of pyridine rings is 1. The smallest absolute Gasteiger partial charge is 0.303 e. The summed E-state index contributed by atoms with van der Waals surface area (Å²) in [5.74, 6) is 0.0643. The molecule has 0 radical (unpaired) electrons. The van der Waals surface area contributed by atoms with E-state index in [0.717, 1.165) is 22.5 Å². The molecule has 28 heavy (non-hydrogen) atoms. The molecule has 0 spiro atoms. The van der Waals surface area contributed by atoms with Gasteiger partial charge in [-0.3, -0.25) is 4.79 Å². The lowest BCUT2D eigenvalue weighted by atomic mass is 10.0. The van der Waals surface area contributed by atoms with Gasteiger partial charge in [0.1, 0.15) is 5.69 Å². The number of thiophene rings is 1. The van der Waals surface area contributed by atoms with E-state index in [0.29, 0.717) is 12.1 Å². The summed E-state index contributed by atoms with van der Waals surface area (Å²) < 4.78 is 0. The molecule has 7 heteroatoms. The van der Waals surface area contributed by atoms with E-state index in [2.05, 4.69) is 69.5 Å². The van der Waals surface area contributed by atoms with Crippen LogP contribution in [0.15, 0.2) is 58.2 Å². The zero-order valence-electron chi connectivity index (χ0n) is 15.1. The average molecular weight is 407 g/mol. The minimum absolute atomic E-state index is 0.0643. The van der Waals surface area contributed by atoms with Crippen LogP contribution in [0.3, 0.4) is 0 Å². The Morgan fingerprint density at radius 1 is 1.29 bits per heavy atom. The molecule has 0 saturated heterocycles. The second kappa shape index (κ2) is 7.61. The molecule has 3 N–H and O–H groups in total. The van der Waals surface area contributed by atoms with Crippen molar-refractivity contribution in [2.24, 2.45) is 10.7 Å². The van der Waals surface area contributed by atoms with Gasteiger partial charge in [0, 0.05) is 34.0 Å². The van der Waals surface area contributed by atoms with E-state index < -0.39 is 5.24 Å². The molecule has 4 rings (SSSR count). The number of aromatic nitrogens is 2. The number of nitrogens with two attached hydrogens (primary N) is 1. The van der Waals surface area contributed by atoms with Gasteiger partial charge in [0.05, 0.1) is 5.69 Å². The number of amides is 1. The van der Waals surface area contributed by atoms with Crippen molar-refractivity contribution in [3.8, 4) is 11.3 Å². The second-order valence-electron chi connectivity index (χ2n) is 6.51. The van der Waals surface area contributed by atoms with Crippen LogP contribution in [0.4, 0.5) is 4.79 Å². The molecular formula is C21H18N4OS2. The summed E-state index contributed by atoms with van der Waals surface area (Å²) in [6.45, 7) is 2.08. The van der Waals surface area contributed by atoms with E-state index in [-0.39, 0.29) is 5.84 Å². The van der Waals surface area contributed by atoms with Gasteiger partial charge >= 0.3 is 5.24 Å². The number of carbonyl (C=O) groups excluding carboxylic acids is 1. The van der Waals surface area contributed by atoms with Crippen molar-refractivity contribution in [2.75, 3.05) is 0 Å². The first-order valence-electron chi connectivity index (χ1n) is 8.68. The summed E-state index contributed by atoms with van der Waals surface area (Å²) in [6.07, 6.45) is 0.629. The lowest BCUT2D eigenvalue weighted by Crippen LogP contribution is -2.16. The number of aromatic amines is 1. The SMILES string of the molecule is Cc1ccc2c(Cc3cccc(/C(N)=N/C(=O)S)n3)c(-c3ccsc3)[nH]c2c1. The monoisotopic (exact) mass is 406 g/mol. The number of H-pyrrole nitrogens is 1. The van der Waals surface area contributed by atoms with Crippen molar-refractivity contribution in [1.29, 1.82) is 0 Å². The summed E-state index contributed by atoms with van der Waals surface area (Å²) in [5, 5.41) is 4.73. The molecule has 0 aliphatic carbocycles. The van der Waals surface area contributed by atoms with Crippen LogP contribution in [0.25, 0.3) is 22.2 Å². The fraction of sp³-hybridized carbons (Fsp3) is 0.0952. The van der Waals surface area contributed by atoms with Gasteiger partial charge < -0.3 is 10.7 Å². The van der Waals surface area contributed by atoms with E-state index in [9.17, 15) is 4.79 Å². The number of hydrogen-bond acceptors (Lipinski definition) is 3. The van der Waals surface area contributed by atoms with Crippen molar-refractivity contribution >= 4 is 45.9 Å². The lowest BCUT2D eigenvalue weighted by molar-refractivity contribution is 0.268. The summed E-state index contributed by atoms with van der Waals surface area (Å²) in [4.78, 5) is 22.9. The van der Waals surface area contributed by atoms with Crippen molar-refractivity contribution in [3.05, 3.63) is 75.7 Å². The zero-order valence-corrected chi connectivity index (χ0v) is 16.8. The Balaban J connectivity index is 1.80. The number of hydrogen-bond donors (Lipinski definition) is 3. The van der Waals surface area contributed by atoms with E-state index in [4.69, 9.17) is 5.73 Å². The molecule has 5 nitrogen and oxygen atoms in total. The fourth-order valence-corrected chi connectivity index (χ4v) is 4.02. The molecular weight excluding hydrogens is 388 g/mol. The number of nitrogens with one attached hydrogen (secondary N) is 1. The lowest BCUT2D eigenvalue weighted by Gasteiger charge is -2.06. The summed E-state index contributed by atoms with van der Waals surface area (Å²) >= 11 is 5.31. The Bertz CT molecular complexity index is 1190. The van der Waals surface area contributed by atoms with Gasteiger partial charge in [-0.15, -0.1) is 0 Å². The highest BCUT2D eigenvalue weighted by Gasteiger charge is 2.15. The highest BCUT2D eigenvalue weighted by Crippen LogP contribution is 2.33. The Morgan fingerprint density at radius 2 is 2.14 bits per heavy atom. The first-order valence-corrected chi connectivity index (χ1v) is 10.1. The van der Waals surface area contributed by atoms with Crippen molar-refractivity contribution in [1.82, 2.24) is 9.97 Å². The van der Waals surface area contributed by atoms with Crippen LogP contribution in [0.5, 0.6) is 0 Å². The molecule has 0 aliphatic rings. The van der Waals surface area contributed by atoms with Gasteiger partial charge in [0.2, 0.25) is 0 Å². The predicted molar refractivity (Wildman–Crippen MR) is 118 cm³/mol. The Hall–Kier alpha value is -2.90. The number of rotatable bonds is 4. The second-order valence-corrected chi connectivity index (χ2v) is 7.67. The third kappa shape index (κ3) is 3.72. The third-order valence-corrected chi connectivity index (χ3v) is 5.30. The van der Waals surface area contributed by atoms with E-state index in [1.54, 1.807) is 17.4 Å². The summed E-state index contributed by atoms with van der Waals surface area (Å²) in [5.41, 5.74) is 12.9. The van der Waals surface area contributed by atoms with Crippen LogP contribution < -0.4 is 5.73 Å². The number of thiol groups is 1. The Morgan fingerprint density at radius 3 is 2.89 bits per heavy atom. The number of benzene rings is 1. The van der Waals surface area contributed by atoms with Crippen molar-refractivity contribution in [3.63, 3.8) is 0 Å². The van der Waals surface area contributed by atoms with Gasteiger partial charge in [0.15, 0.2) is 5.84 Å². The maximum atomic E-state index is 11.1. The van der Waals surface area contributed by atoms with Crippen LogP contribution in [-0.4, -0.2) is 21.0 Å². The minimum atomic E-state index is -0.642. The standard InChI is InChI=1S/C21H18N4OS2/c1-12-5-6-15-16(19(24-18(15)9-12)13-7-8-28-11-13)10-14-3-2-4-17(23-14)20(22)25-21(26)27/h2-9,11,24H,10H2,1H3,(H3,22,25,26,27). The van der Waals surface area contributed by atoms with E-state index >= 15 is 0 Å². The Labute approximate surface area is 171 Å². The first kappa shape index (κ1) is 18.5. The molecule has 1 aromatic carbocycles. The number of fused-ring (bicyclic) bond motifs is 1. The molecule has 3 aromatic heterocycles. The Kier molecular flexibility index (Phi) is 5.02. The van der Waals surface area contributed by atoms with E-state index in [1.807, 2.05) is 12.1 Å². The summed E-state index contributed by atoms with van der Waals surface area (Å²) in [6, 6.07) is 14.1. The number of nitrogens with zero attached hydrogens (tertiary/aromatic N) is 2. The molecule has 1 amide bonds. The van der Waals surface area contributed by atoms with Crippen LogP contribution in [0.1, 0.15) is 22.5 Å². The molecule has 0 bridgehead atoms. The number of aliphatic imine (C=N–C) groups is 1. The molecule has 140 valence electrons. The van der Waals surface area contributed by atoms with E-state index in [1.165, 1.54) is 16.5 Å². The summed E-state index contributed by atoms with van der Waals surface area (Å²) in [7, 11) is 0. The number of carbonyl (C=O) groups is 1. The maximum absolute atomic E-state index is 11.1. The number of aryl methyl sites for hydroxylation is 1. The molecule has 0 unspecified atom stereocenters. The average Bonchev–Trinajstić information content (AvgIpc) is 3.29. The molecule has 0 aliphatic heterocycles. The van der Waals surface area contributed by atoms with Gasteiger partial charge in [-0.05, 0) is 47.7 Å².